The van der Waals surface area contributed by atoms with Gasteiger partial charge in [-0.25, -0.2) is 4.39 Å². The normalized spacial score (nSPS) is 10.9. The molecular weight excluding hydrogens is 203 g/mol. The Morgan fingerprint density at radius 1 is 1.50 bits per heavy atom. The molecule has 0 heterocycles. The molecule has 4 heteroatoms. The minimum atomic E-state index is -0.369. The Morgan fingerprint density at radius 3 is 2.79 bits per heavy atom. The maximum Gasteiger partial charge on any atom is 0.141 e. The molecule has 0 fully saturated rings. The zero-order valence-electron chi connectivity index (χ0n) is 8.35. The first-order valence-corrected chi connectivity index (χ1v) is 4.78. The lowest BCUT2D eigenvalue weighted by Gasteiger charge is -2.15. The van der Waals surface area contributed by atoms with Gasteiger partial charge in [0, 0.05) is 13.2 Å². The Morgan fingerprint density at radius 2 is 2.21 bits per heavy atom. The van der Waals surface area contributed by atoms with Crippen molar-refractivity contribution in [3.8, 4) is 0 Å². The van der Waals surface area contributed by atoms with Crippen LogP contribution < -0.4 is 5.32 Å². The monoisotopic (exact) mass is 216 g/mol. The Bertz CT molecular complexity index is 304. The Kier molecular flexibility index (Phi) is 4.32. The predicted molar refractivity (Wildman–Crippen MR) is 56.8 cm³/mol. The van der Waals surface area contributed by atoms with E-state index >= 15 is 0 Å². The van der Waals surface area contributed by atoms with Gasteiger partial charge in [0.1, 0.15) is 5.82 Å². The van der Waals surface area contributed by atoms with Gasteiger partial charge in [-0.2, -0.15) is 0 Å². The van der Waals surface area contributed by atoms with Crippen LogP contribution in [0, 0.1) is 5.82 Å². The SMILES string of the molecule is CNCN(C)Cc1ccc(F)c(Cl)c1. The van der Waals surface area contributed by atoms with Crippen molar-refractivity contribution in [2.75, 3.05) is 20.8 Å². The second-order valence-electron chi connectivity index (χ2n) is 3.27. The van der Waals surface area contributed by atoms with Gasteiger partial charge in [-0.15, -0.1) is 0 Å². The van der Waals surface area contributed by atoms with Gasteiger partial charge in [0.05, 0.1) is 5.02 Å². The third kappa shape index (κ3) is 3.25. The van der Waals surface area contributed by atoms with Crippen LogP contribution in [0.2, 0.25) is 5.02 Å². The molecule has 78 valence electrons. The van der Waals surface area contributed by atoms with Crippen LogP contribution in [0.15, 0.2) is 18.2 Å². The molecule has 0 bridgehead atoms. The summed E-state index contributed by atoms with van der Waals surface area (Å²) in [6.45, 7) is 1.54. The zero-order valence-corrected chi connectivity index (χ0v) is 9.11. The first-order valence-electron chi connectivity index (χ1n) is 4.40. The molecular formula is C10H14ClFN2. The first kappa shape index (κ1) is 11.4. The molecule has 0 aliphatic heterocycles. The Balaban J connectivity index is 2.63. The van der Waals surface area contributed by atoms with E-state index in [0.29, 0.717) is 0 Å². The molecule has 0 spiro atoms. The number of halogens is 2. The van der Waals surface area contributed by atoms with Crippen LogP contribution in [0.4, 0.5) is 4.39 Å². The predicted octanol–water partition coefficient (Wildman–Crippen LogP) is 2.09. The minimum absolute atomic E-state index is 0.181. The van der Waals surface area contributed by atoms with E-state index < -0.39 is 0 Å². The van der Waals surface area contributed by atoms with Crippen LogP contribution >= 0.6 is 11.6 Å². The average molecular weight is 217 g/mol. The molecule has 0 atom stereocenters. The van der Waals surface area contributed by atoms with E-state index in [1.807, 2.05) is 14.1 Å². The van der Waals surface area contributed by atoms with Crippen molar-refractivity contribution in [3.05, 3.63) is 34.6 Å². The number of benzene rings is 1. The fraction of sp³-hybridized carbons (Fsp3) is 0.400. The molecule has 1 N–H and O–H groups in total. The highest BCUT2D eigenvalue weighted by Crippen LogP contribution is 2.16. The molecule has 1 aromatic carbocycles. The van der Waals surface area contributed by atoms with Crippen LogP contribution in [0.3, 0.4) is 0 Å². The van der Waals surface area contributed by atoms with Crippen molar-refractivity contribution in [2.24, 2.45) is 0 Å². The van der Waals surface area contributed by atoms with Gasteiger partial charge in [-0.05, 0) is 31.8 Å². The van der Waals surface area contributed by atoms with Crippen LogP contribution in [-0.4, -0.2) is 25.7 Å². The summed E-state index contributed by atoms with van der Waals surface area (Å²) in [7, 11) is 3.86. The summed E-state index contributed by atoms with van der Waals surface area (Å²) in [6.07, 6.45) is 0. The third-order valence-corrected chi connectivity index (χ3v) is 2.15. The lowest BCUT2D eigenvalue weighted by molar-refractivity contribution is 0.310. The Labute approximate surface area is 88.7 Å². The summed E-state index contributed by atoms with van der Waals surface area (Å²) in [5.41, 5.74) is 1.01. The molecule has 0 saturated carbocycles. The summed E-state index contributed by atoms with van der Waals surface area (Å²) in [5, 5.41) is 3.21. The quantitative estimate of drug-likeness (QED) is 0.776. The van der Waals surface area contributed by atoms with E-state index in [9.17, 15) is 4.39 Å². The van der Waals surface area contributed by atoms with Gasteiger partial charge in [0.15, 0.2) is 0 Å². The lowest BCUT2D eigenvalue weighted by atomic mass is 10.2. The van der Waals surface area contributed by atoms with E-state index in [-0.39, 0.29) is 10.8 Å². The zero-order chi connectivity index (χ0) is 10.6. The van der Waals surface area contributed by atoms with Crippen molar-refractivity contribution >= 4 is 11.6 Å². The van der Waals surface area contributed by atoms with Crippen molar-refractivity contribution in [3.63, 3.8) is 0 Å². The highest BCUT2D eigenvalue weighted by molar-refractivity contribution is 6.30. The van der Waals surface area contributed by atoms with Crippen molar-refractivity contribution < 1.29 is 4.39 Å². The maximum atomic E-state index is 12.8. The number of rotatable bonds is 4. The molecule has 0 unspecified atom stereocenters. The minimum Gasteiger partial charge on any atom is -0.307 e. The second-order valence-corrected chi connectivity index (χ2v) is 3.68. The summed E-state index contributed by atoms with van der Waals surface area (Å²) in [5.74, 6) is -0.369. The average Bonchev–Trinajstić information content (AvgIpc) is 2.12. The summed E-state index contributed by atoms with van der Waals surface area (Å²) in [4.78, 5) is 2.07. The molecule has 14 heavy (non-hydrogen) atoms. The van der Waals surface area contributed by atoms with E-state index in [0.717, 1.165) is 18.8 Å². The molecule has 0 aliphatic carbocycles. The summed E-state index contributed by atoms with van der Waals surface area (Å²) in [6, 6.07) is 4.79. The van der Waals surface area contributed by atoms with Gasteiger partial charge in [-0.1, -0.05) is 17.7 Å². The van der Waals surface area contributed by atoms with Crippen molar-refractivity contribution in [1.29, 1.82) is 0 Å². The topological polar surface area (TPSA) is 15.3 Å². The highest BCUT2D eigenvalue weighted by Gasteiger charge is 2.02. The lowest BCUT2D eigenvalue weighted by Crippen LogP contribution is -2.27. The fourth-order valence-electron chi connectivity index (χ4n) is 1.28. The van der Waals surface area contributed by atoms with Crippen molar-refractivity contribution in [1.82, 2.24) is 10.2 Å². The maximum absolute atomic E-state index is 12.8. The van der Waals surface area contributed by atoms with E-state index in [4.69, 9.17) is 11.6 Å². The molecule has 0 saturated heterocycles. The highest BCUT2D eigenvalue weighted by atomic mass is 35.5. The van der Waals surface area contributed by atoms with Crippen molar-refractivity contribution in [2.45, 2.75) is 6.54 Å². The first-order chi connectivity index (χ1) is 6.63. The van der Waals surface area contributed by atoms with Crippen LogP contribution in [-0.2, 0) is 6.54 Å². The van der Waals surface area contributed by atoms with E-state index in [1.54, 1.807) is 12.1 Å². The Hall–Kier alpha value is -0.640. The molecule has 0 radical (unpaired) electrons. The number of nitrogens with zero attached hydrogens (tertiary/aromatic N) is 1. The van der Waals surface area contributed by atoms with Gasteiger partial charge < -0.3 is 5.32 Å². The largest absolute Gasteiger partial charge is 0.307 e. The third-order valence-electron chi connectivity index (χ3n) is 1.86. The molecule has 1 aromatic rings. The summed E-state index contributed by atoms with van der Waals surface area (Å²) >= 11 is 5.67. The number of hydrogen-bond donors (Lipinski definition) is 1. The number of hydrogen-bond acceptors (Lipinski definition) is 2. The van der Waals surface area contributed by atoms with Gasteiger partial charge >= 0.3 is 0 Å². The van der Waals surface area contributed by atoms with E-state index in [2.05, 4.69) is 10.2 Å². The summed E-state index contributed by atoms with van der Waals surface area (Å²) < 4.78 is 12.8. The van der Waals surface area contributed by atoms with Crippen LogP contribution in [0.1, 0.15) is 5.56 Å². The second kappa shape index (κ2) is 5.29. The van der Waals surface area contributed by atoms with E-state index in [1.165, 1.54) is 6.07 Å². The molecule has 0 amide bonds. The van der Waals surface area contributed by atoms with Gasteiger partial charge in [0.25, 0.3) is 0 Å². The molecule has 0 aromatic heterocycles. The number of nitrogens with one attached hydrogen (secondary N) is 1. The smallest absolute Gasteiger partial charge is 0.141 e. The van der Waals surface area contributed by atoms with Crippen LogP contribution in [0.5, 0.6) is 0 Å². The van der Waals surface area contributed by atoms with Gasteiger partial charge in [0.2, 0.25) is 0 Å². The molecule has 1 rings (SSSR count). The fourth-order valence-corrected chi connectivity index (χ4v) is 1.48. The standard InChI is InChI=1S/C10H14ClFN2/c1-13-7-14(2)6-8-3-4-10(12)9(11)5-8/h3-5,13H,6-7H2,1-2H3. The molecule has 2 nitrogen and oxygen atoms in total. The van der Waals surface area contributed by atoms with Crippen LogP contribution in [0.25, 0.3) is 0 Å². The van der Waals surface area contributed by atoms with Gasteiger partial charge in [-0.3, -0.25) is 4.90 Å². The molecule has 0 aliphatic rings.